The number of likely N-dealkylation sites (tertiary alicyclic amines) is 1. The fourth-order valence-corrected chi connectivity index (χ4v) is 6.00. The lowest BCUT2D eigenvalue weighted by Gasteiger charge is -2.61. The summed E-state index contributed by atoms with van der Waals surface area (Å²) < 4.78 is 0. The Labute approximate surface area is 138 Å². The molecule has 3 heteroatoms. The number of carbonyl (C=O) groups excluding carboxylic acids is 1. The van der Waals surface area contributed by atoms with Crippen molar-refractivity contribution in [2.45, 2.75) is 51.0 Å². The van der Waals surface area contributed by atoms with Crippen molar-refractivity contribution in [3.05, 3.63) is 29.3 Å². The zero-order valence-corrected chi connectivity index (χ0v) is 14.4. The zero-order chi connectivity index (χ0) is 16.4. The van der Waals surface area contributed by atoms with Crippen molar-refractivity contribution in [2.24, 2.45) is 17.8 Å². The summed E-state index contributed by atoms with van der Waals surface area (Å²) in [7, 11) is 2.24. The Bertz CT molecular complexity index is 655. The number of Topliss-reactive ketones (excluding diaryl/α,β-unsaturated/α-hetero) is 1. The number of piperidine rings is 1. The van der Waals surface area contributed by atoms with Gasteiger partial charge in [0.05, 0.1) is 0 Å². The van der Waals surface area contributed by atoms with Gasteiger partial charge in [0.25, 0.3) is 0 Å². The largest absolute Gasteiger partial charge is 0.508 e. The van der Waals surface area contributed by atoms with Gasteiger partial charge < -0.3 is 10.0 Å². The van der Waals surface area contributed by atoms with Gasteiger partial charge in [-0.1, -0.05) is 26.3 Å². The van der Waals surface area contributed by atoms with Gasteiger partial charge in [-0.05, 0) is 61.5 Å². The van der Waals surface area contributed by atoms with Crippen molar-refractivity contribution in [3.63, 3.8) is 0 Å². The van der Waals surface area contributed by atoms with Gasteiger partial charge in [-0.15, -0.1) is 0 Å². The minimum absolute atomic E-state index is 0.0478. The van der Waals surface area contributed by atoms with E-state index in [9.17, 15) is 9.90 Å². The van der Waals surface area contributed by atoms with E-state index in [2.05, 4.69) is 31.9 Å². The monoisotopic (exact) mass is 313 g/mol. The van der Waals surface area contributed by atoms with E-state index in [1.165, 1.54) is 11.1 Å². The van der Waals surface area contributed by atoms with Crippen LogP contribution >= 0.6 is 0 Å². The van der Waals surface area contributed by atoms with Crippen LogP contribution in [0.4, 0.5) is 0 Å². The Morgan fingerprint density at radius 2 is 2.17 bits per heavy atom. The van der Waals surface area contributed by atoms with Crippen LogP contribution in [0.2, 0.25) is 0 Å². The molecule has 23 heavy (non-hydrogen) atoms. The topological polar surface area (TPSA) is 40.5 Å². The number of fused-ring (bicyclic) bond motifs is 1. The molecule has 0 amide bonds. The van der Waals surface area contributed by atoms with Crippen LogP contribution in [0, 0.1) is 17.8 Å². The van der Waals surface area contributed by atoms with Crippen molar-refractivity contribution in [2.75, 3.05) is 13.6 Å². The third kappa shape index (κ3) is 1.95. The smallest absolute Gasteiger partial charge is 0.136 e. The van der Waals surface area contributed by atoms with Crippen molar-refractivity contribution >= 4 is 5.78 Å². The van der Waals surface area contributed by atoms with Crippen molar-refractivity contribution in [1.29, 1.82) is 0 Å². The van der Waals surface area contributed by atoms with E-state index in [-0.39, 0.29) is 11.3 Å². The van der Waals surface area contributed by atoms with Crippen LogP contribution in [0.1, 0.15) is 44.2 Å². The highest BCUT2D eigenvalue weighted by molar-refractivity contribution is 5.84. The molecule has 1 aromatic carbocycles. The number of aromatic hydroxyl groups is 1. The zero-order valence-electron chi connectivity index (χ0n) is 14.4. The van der Waals surface area contributed by atoms with Gasteiger partial charge in [0.15, 0.2) is 0 Å². The molecule has 3 aliphatic rings. The lowest BCUT2D eigenvalue weighted by molar-refractivity contribution is -0.138. The Hall–Kier alpha value is -1.35. The average Bonchev–Trinajstić information content (AvgIpc) is 2.53. The van der Waals surface area contributed by atoms with Crippen LogP contribution in [0.25, 0.3) is 0 Å². The maximum absolute atomic E-state index is 12.8. The molecule has 2 aliphatic carbocycles. The maximum atomic E-state index is 12.8. The minimum Gasteiger partial charge on any atom is -0.508 e. The number of phenolic OH excluding ortho intramolecular Hbond substituents is 1. The molecule has 3 nitrogen and oxygen atoms in total. The van der Waals surface area contributed by atoms with Gasteiger partial charge in [-0.3, -0.25) is 4.79 Å². The Morgan fingerprint density at radius 3 is 2.91 bits per heavy atom. The van der Waals surface area contributed by atoms with E-state index in [1.54, 1.807) is 6.07 Å². The molecule has 4 rings (SSSR count). The molecule has 1 saturated heterocycles. The summed E-state index contributed by atoms with van der Waals surface area (Å²) in [6, 6.07) is 6.37. The van der Waals surface area contributed by atoms with Gasteiger partial charge in [0.1, 0.15) is 11.5 Å². The van der Waals surface area contributed by atoms with Crippen LogP contribution in [0.3, 0.4) is 0 Å². The van der Waals surface area contributed by atoms with Crippen molar-refractivity contribution in [1.82, 2.24) is 4.90 Å². The highest BCUT2D eigenvalue weighted by Crippen LogP contribution is 2.58. The maximum Gasteiger partial charge on any atom is 0.136 e. The number of hydrogen-bond acceptors (Lipinski definition) is 3. The Kier molecular flexibility index (Phi) is 3.35. The highest BCUT2D eigenvalue weighted by atomic mass is 16.3. The minimum atomic E-state index is -0.0478. The van der Waals surface area contributed by atoms with Gasteiger partial charge in [-0.2, -0.15) is 0 Å². The number of phenols is 1. The second-order valence-corrected chi connectivity index (χ2v) is 8.03. The fraction of sp³-hybridized carbons (Fsp3) is 0.650. The molecule has 0 radical (unpaired) electrons. The lowest BCUT2D eigenvalue weighted by Crippen LogP contribution is -2.64. The van der Waals surface area contributed by atoms with E-state index in [1.807, 2.05) is 6.07 Å². The molecule has 2 fully saturated rings. The van der Waals surface area contributed by atoms with Crippen LogP contribution in [0.5, 0.6) is 5.75 Å². The van der Waals surface area contributed by atoms with Crippen LogP contribution in [0.15, 0.2) is 18.2 Å². The molecule has 1 aliphatic heterocycles. The van der Waals surface area contributed by atoms with E-state index < -0.39 is 0 Å². The molecule has 1 N–H and O–H groups in total. The standard InChI is InChI=1S/C20H27NO2/c1-4-15-12(2)18(23)11-20-7-8-21(3)17(19(15)20)9-13-5-6-14(22)10-16(13)20/h5-6,10,12,15,17,19,22H,4,7-9,11H2,1-3H3/t12-,15-,17+,19-,20+/m0/s1. The number of benzene rings is 1. The fourth-order valence-electron chi connectivity index (χ4n) is 6.00. The molecule has 1 heterocycles. The number of hydrogen-bond donors (Lipinski definition) is 1. The first-order valence-electron chi connectivity index (χ1n) is 9.03. The predicted octanol–water partition coefficient (Wildman–Crippen LogP) is 3.14. The molecule has 0 unspecified atom stereocenters. The molecule has 5 atom stereocenters. The second-order valence-electron chi connectivity index (χ2n) is 8.03. The summed E-state index contributed by atoms with van der Waals surface area (Å²) in [6.07, 6.45) is 3.82. The average molecular weight is 313 g/mol. The normalized spacial score (nSPS) is 39.7. The van der Waals surface area contributed by atoms with E-state index >= 15 is 0 Å². The first-order chi connectivity index (χ1) is 11.0. The van der Waals surface area contributed by atoms with E-state index in [0.29, 0.717) is 35.8 Å². The number of carbonyl (C=O) groups is 1. The molecule has 0 aromatic heterocycles. The quantitative estimate of drug-likeness (QED) is 0.866. The summed E-state index contributed by atoms with van der Waals surface area (Å²) in [5.41, 5.74) is 2.56. The van der Waals surface area contributed by atoms with Crippen LogP contribution in [-0.2, 0) is 16.6 Å². The number of likely N-dealkylation sites (N-methyl/N-ethyl adjacent to an activating group) is 1. The first kappa shape index (κ1) is 15.2. The highest BCUT2D eigenvalue weighted by Gasteiger charge is 2.59. The van der Waals surface area contributed by atoms with Gasteiger partial charge in [0, 0.05) is 23.8 Å². The van der Waals surface area contributed by atoms with Gasteiger partial charge in [-0.25, -0.2) is 0 Å². The number of rotatable bonds is 1. The lowest BCUT2D eigenvalue weighted by atomic mass is 9.47. The molecule has 0 spiro atoms. The SMILES string of the molecule is CC[C@@H]1[C@H]2[C@H]3Cc4ccc(O)cc4[C@@]2(CCN3C)CC(=O)[C@H]1C. The van der Waals surface area contributed by atoms with E-state index in [4.69, 9.17) is 0 Å². The van der Waals surface area contributed by atoms with E-state index in [0.717, 1.165) is 25.8 Å². The third-order valence-corrected chi connectivity index (χ3v) is 7.16. The van der Waals surface area contributed by atoms with Gasteiger partial charge >= 0.3 is 0 Å². The number of ketones is 1. The summed E-state index contributed by atoms with van der Waals surface area (Å²) in [5.74, 6) is 1.93. The molecular formula is C20H27NO2. The molecule has 2 bridgehead atoms. The Morgan fingerprint density at radius 1 is 1.39 bits per heavy atom. The van der Waals surface area contributed by atoms with Crippen molar-refractivity contribution in [3.8, 4) is 5.75 Å². The molecule has 1 saturated carbocycles. The third-order valence-electron chi connectivity index (χ3n) is 7.16. The molecular weight excluding hydrogens is 286 g/mol. The number of nitrogens with zero attached hydrogens (tertiary/aromatic N) is 1. The molecule has 124 valence electrons. The molecule has 1 aromatic rings. The van der Waals surface area contributed by atoms with Crippen LogP contribution < -0.4 is 0 Å². The van der Waals surface area contributed by atoms with Crippen LogP contribution in [-0.4, -0.2) is 35.4 Å². The summed E-state index contributed by atoms with van der Waals surface area (Å²) in [5, 5.41) is 10.1. The predicted molar refractivity (Wildman–Crippen MR) is 90.6 cm³/mol. The second kappa shape index (κ2) is 5.07. The summed E-state index contributed by atoms with van der Waals surface area (Å²) in [6.45, 7) is 5.42. The Balaban J connectivity index is 1.94. The van der Waals surface area contributed by atoms with Crippen molar-refractivity contribution < 1.29 is 9.90 Å². The summed E-state index contributed by atoms with van der Waals surface area (Å²) >= 11 is 0. The summed E-state index contributed by atoms with van der Waals surface area (Å²) in [4.78, 5) is 15.3. The van der Waals surface area contributed by atoms with Gasteiger partial charge in [0.2, 0.25) is 0 Å². The first-order valence-corrected chi connectivity index (χ1v) is 9.03.